The number of halogens is 1. The third-order valence-corrected chi connectivity index (χ3v) is 7.98. The number of para-hydroxylation sites is 1. The van der Waals surface area contributed by atoms with E-state index in [0.29, 0.717) is 22.2 Å². The monoisotopic (exact) mass is 463 g/mol. The van der Waals surface area contributed by atoms with Crippen molar-refractivity contribution < 1.29 is 8.42 Å². The molecule has 3 aromatic rings. The topological polar surface area (TPSA) is 71.1 Å². The highest BCUT2D eigenvalue weighted by molar-refractivity contribution is 7.92. The highest BCUT2D eigenvalue weighted by Crippen LogP contribution is 2.35. The van der Waals surface area contributed by atoms with E-state index in [1.54, 1.807) is 37.3 Å². The van der Waals surface area contributed by atoms with E-state index in [1.165, 1.54) is 11.3 Å². The van der Waals surface area contributed by atoms with Crippen molar-refractivity contribution in [3.8, 4) is 10.4 Å². The molecule has 0 saturated heterocycles. The maximum Gasteiger partial charge on any atom is 0.262 e. The number of thiazole rings is 1. The minimum Gasteiger partial charge on any atom is -0.359 e. The predicted octanol–water partition coefficient (Wildman–Crippen LogP) is 6.34. The van der Waals surface area contributed by atoms with Crippen LogP contribution in [0.1, 0.15) is 32.0 Å². The summed E-state index contributed by atoms with van der Waals surface area (Å²) in [5, 5.41) is 4.62. The summed E-state index contributed by atoms with van der Waals surface area (Å²) < 4.78 is 28.7. The molecule has 0 saturated carbocycles. The van der Waals surface area contributed by atoms with Gasteiger partial charge < -0.3 is 5.32 Å². The molecule has 1 heterocycles. The van der Waals surface area contributed by atoms with Gasteiger partial charge in [0, 0.05) is 6.04 Å². The van der Waals surface area contributed by atoms with Gasteiger partial charge in [-0.1, -0.05) is 61.1 Å². The number of sulfonamides is 1. The summed E-state index contributed by atoms with van der Waals surface area (Å²) in [4.78, 5) is 5.79. The Bertz CT molecular complexity index is 1160. The Morgan fingerprint density at radius 1 is 1.07 bits per heavy atom. The van der Waals surface area contributed by atoms with E-state index in [1.807, 2.05) is 19.1 Å². The molecule has 3 rings (SSSR count). The van der Waals surface area contributed by atoms with E-state index in [9.17, 15) is 8.42 Å². The molecule has 2 aromatic carbocycles. The van der Waals surface area contributed by atoms with Crippen LogP contribution in [0.25, 0.3) is 10.4 Å². The lowest BCUT2D eigenvalue weighted by Gasteiger charge is -2.16. The Morgan fingerprint density at radius 2 is 1.77 bits per heavy atom. The zero-order valence-corrected chi connectivity index (χ0v) is 20.0. The lowest BCUT2D eigenvalue weighted by molar-refractivity contribution is 0.559. The van der Waals surface area contributed by atoms with E-state index in [-0.39, 0.29) is 10.9 Å². The van der Waals surface area contributed by atoms with Crippen molar-refractivity contribution >= 4 is 43.8 Å². The normalized spacial score (nSPS) is 12.8. The van der Waals surface area contributed by atoms with Crippen LogP contribution in [0.5, 0.6) is 0 Å². The van der Waals surface area contributed by atoms with Crippen LogP contribution in [0.4, 0.5) is 10.8 Å². The first kappa shape index (κ1) is 22.6. The van der Waals surface area contributed by atoms with Crippen molar-refractivity contribution in [2.75, 3.05) is 10.0 Å². The maximum absolute atomic E-state index is 13.1. The number of aromatic nitrogens is 1. The minimum atomic E-state index is -3.80. The smallest absolute Gasteiger partial charge is 0.262 e. The largest absolute Gasteiger partial charge is 0.359 e. The molecular weight excluding hydrogens is 438 g/mol. The van der Waals surface area contributed by atoms with Gasteiger partial charge in [-0.15, -0.1) is 0 Å². The van der Waals surface area contributed by atoms with E-state index >= 15 is 0 Å². The van der Waals surface area contributed by atoms with Crippen LogP contribution < -0.4 is 10.0 Å². The Balaban J connectivity index is 1.96. The molecular formula is C22H26ClN3O2S2. The molecule has 30 heavy (non-hydrogen) atoms. The van der Waals surface area contributed by atoms with Gasteiger partial charge in [0.2, 0.25) is 0 Å². The first-order chi connectivity index (χ1) is 14.1. The molecule has 2 N–H and O–H groups in total. The summed E-state index contributed by atoms with van der Waals surface area (Å²) in [7, 11) is -3.80. The van der Waals surface area contributed by atoms with Gasteiger partial charge in [-0.05, 0) is 56.0 Å². The van der Waals surface area contributed by atoms with Crippen molar-refractivity contribution in [1.82, 2.24) is 4.98 Å². The second kappa shape index (κ2) is 8.96. The highest BCUT2D eigenvalue weighted by atomic mass is 35.5. The second-order valence-corrected chi connectivity index (χ2v) is 10.7. The van der Waals surface area contributed by atoms with Crippen molar-refractivity contribution in [1.29, 1.82) is 0 Å². The quantitative estimate of drug-likeness (QED) is 0.429. The Labute approximate surface area is 187 Å². The molecule has 1 unspecified atom stereocenters. The van der Waals surface area contributed by atoms with Gasteiger partial charge in [0.05, 0.1) is 26.2 Å². The Morgan fingerprint density at radius 3 is 2.43 bits per heavy atom. The van der Waals surface area contributed by atoms with Gasteiger partial charge in [-0.2, -0.15) is 0 Å². The maximum atomic E-state index is 13.1. The average Bonchev–Trinajstić information content (AvgIpc) is 3.03. The van der Waals surface area contributed by atoms with Crippen molar-refractivity contribution in [3.63, 3.8) is 0 Å². The number of hydrogen-bond donors (Lipinski definition) is 2. The number of nitrogens with one attached hydrogen (secondary N) is 2. The van der Waals surface area contributed by atoms with E-state index in [0.717, 1.165) is 21.3 Å². The summed E-state index contributed by atoms with van der Waals surface area (Å²) in [6.45, 7) is 10.1. The second-order valence-electron chi connectivity index (χ2n) is 7.68. The third-order valence-electron chi connectivity index (χ3n) is 5.01. The number of nitrogens with zero attached hydrogens (tertiary/aromatic N) is 1. The van der Waals surface area contributed by atoms with Gasteiger partial charge in [0.1, 0.15) is 0 Å². The molecule has 0 radical (unpaired) electrons. The van der Waals surface area contributed by atoms with Crippen LogP contribution in [0.15, 0.2) is 47.4 Å². The molecule has 0 aliphatic carbocycles. The van der Waals surface area contributed by atoms with Crippen molar-refractivity contribution in [2.45, 2.75) is 45.6 Å². The third kappa shape index (κ3) is 4.96. The number of rotatable bonds is 7. The van der Waals surface area contributed by atoms with Gasteiger partial charge in [-0.3, -0.25) is 4.72 Å². The number of aryl methyl sites for hydroxylation is 2. The Kier molecular flexibility index (Phi) is 6.75. The van der Waals surface area contributed by atoms with Gasteiger partial charge in [0.25, 0.3) is 10.0 Å². The summed E-state index contributed by atoms with van der Waals surface area (Å²) in [6, 6.07) is 12.5. The van der Waals surface area contributed by atoms with Gasteiger partial charge in [0.15, 0.2) is 5.13 Å². The molecule has 1 aromatic heterocycles. The Hall–Kier alpha value is -2.09. The zero-order chi connectivity index (χ0) is 22.1. The predicted molar refractivity (Wildman–Crippen MR) is 127 cm³/mol. The van der Waals surface area contributed by atoms with Crippen LogP contribution in [-0.2, 0) is 10.0 Å². The first-order valence-electron chi connectivity index (χ1n) is 9.71. The molecule has 0 spiro atoms. The molecule has 0 amide bonds. The van der Waals surface area contributed by atoms with Crippen LogP contribution in [-0.4, -0.2) is 19.4 Å². The first-order valence-corrected chi connectivity index (χ1v) is 12.4. The highest BCUT2D eigenvalue weighted by Gasteiger charge is 2.21. The molecule has 8 heteroatoms. The fraction of sp³-hybridized carbons (Fsp3) is 0.318. The molecule has 0 fully saturated rings. The van der Waals surface area contributed by atoms with Crippen molar-refractivity contribution in [2.24, 2.45) is 5.92 Å². The molecule has 0 aliphatic rings. The molecule has 1 atom stereocenters. The lowest BCUT2D eigenvalue weighted by atomic mass is 10.1. The number of benzene rings is 2. The van der Waals surface area contributed by atoms with Crippen molar-refractivity contribution in [3.05, 3.63) is 58.7 Å². The number of anilines is 2. The lowest BCUT2D eigenvalue weighted by Crippen LogP contribution is -2.21. The standard InChI is InChI=1S/C22H26ClN3O2S2/c1-13(2)15(4)24-22-25-16(5)21(29-22)17-11-10-14(3)20(12-17)30(27,28)26-19-9-7-6-8-18(19)23/h6-13,15,26H,1-5H3,(H,24,25). The van der Waals surface area contributed by atoms with E-state index < -0.39 is 10.0 Å². The number of hydrogen-bond acceptors (Lipinski definition) is 5. The molecule has 5 nitrogen and oxygen atoms in total. The summed E-state index contributed by atoms with van der Waals surface area (Å²) in [6.07, 6.45) is 0. The fourth-order valence-corrected chi connectivity index (χ4v) is 5.51. The average molecular weight is 464 g/mol. The summed E-state index contributed by atoms with van der Waals surface area (Å²) in [5.74, 6) is 0.477. The summed E-state index contributed by atoms with van der Waals surface area (Å²) in [5.41, 5.74) is 2.70. The van der Waals surface area contributed by atoms with Crippen LogP contribution >= 0.6 is 22.9 Å². The fourth-order valence-electron chi connectivity index (χ4n) is 2.86. The van der Waals surface area contributed by atoms with E-state index in [4.69, 9.17) is 11.6 Å². The SMILES string of the molecule is Cc1ccc(-c2sc(NC(C)C(C)C)nc2C)cc1S(=O)(=O)Nc1ccccc1Cl. The molecule has 160 valence electrons. The van der Waals surface area contributed by atoms with Gasteiger partial charge in [-0.25, -0.2) is 13.4 Å². The minimum absolute atomic E-state index is 0.220. The molecule has 0 bridgehead atoms. The van der Waals surface area contributed by atoms with Crippen LogP contribution in [0.3, 0.4) is 0 Å². The van der Waals surface area contributed by atoms with E-state index in [2.05, 4.69) is 35.8 Å². The zero-order valence-electron chi connectivity index (χ0n) is 17.7. The van der Waals surface area contributed by atoms with Crippen LogP contribution in [0, 0.1) is 19.8 Å². The molecule has 0 aliphatic heterocycles. The van der Waals surface area contributed by atoms with Gasteiger partial charge >= 0.3 is 0 Å². The van der Waals surface area contributed by atoms with Crippen LogP contribution in [0.2, 0.25) is 5.02 Å². The summed E-state index contributed by atoms with van der Waals surface area (Å²) >= 11 is 7.66.